The number of hydrogen-bond donors (Lipinski definition) is 0. The molecule has 2 atom stereocenters. The summed E-state index contributed by atoms with van der Waals surface area (Å²) in [6, 6.07) is 7.58. The predicted octanol–water partition coefficient (Wildman–Crippen LogP) is 7.28. The van der Waals surface area contributed by atoms with E-state index < -0.39 is 8.32 Å². The van der Waals surface area contributed by atoms with Crippen molar-refractivity contribution in [2.45, 2.75) is 97.1 Å². The SMILES string of the molecule is CCCC#CC1=CC(C)c2ccc(OC3CCCCO3)c(O[Si](CC)(CC)CC)c21. The second-order valence-corrected chi connectivity index (χ2v) is 13.2. The van der Waals surface area contributed by atoms with Crippen LogP contribution < -0.4 is 9.16 Å². The average molecular weight is 427 g/mol. The summed E-state index contributed by atoms with van der Waals surface area (Å²) in [6.07, 6.45) is 7.29. The van der Waals surface area contributed by atoms with Gasteiger partial charge in [0.05, 0.1) is 6.61 Å². The largest absolute Gasteiger partial charge is 0.541 e. The van der Waals surface area contributed by atoms with Gasteiger partial charge in [-0.15, -0.1) is 0 Å². The summed E-state index contributed by atoms with van der Waals surface area (Å²) >= 11 is 0. The van der Waals surface area contributed by atoms with Crippen molar-refractivity contribution in [2.24, 2.45) is 0 Å². The first kappa shape index (κ1) is 23.0. The molecule has 0 aromatic heterocycles. The summed E-state index contributed by atoms with van der Waals surface area (Å²) in [5.74, 6) is 8.87. The molecule has 0 amide bonds. The topological polar surface area (TPSA) is 27.7 Å². The van der Waals surface area contributed by atoms with Crippen LogP contribution in [0.25, 0.3) is 5.57 Å². The smallest absolute Gasteiger partial charge is 0.250 e. The third-order valence-corrected chi connectivity index (χ3v) is 11.1. The van der Waals surface area contributed by atoms with Crippen molar-refractivity contribution in [3.05, 3.63) is 29.3 Å². The Morgan fingerprint density at radius 2 is 1.87 bits per heavy atom. The summed E-state index contributed by atoms with van der Waals surface area (Å²) < 4.78 is 19.3. The van der Waals surface area contributed by atoms with Gasteiger partial charge in [0.2, 0.25) is 0 Å². The van der Waals surface area contributed by atoms with Gasteiger partial charge in [0.1, 0.15) is 0 Å². The lowest BCUT2D eigenvalue weighted by molar-refractivity contribution is -0.106. The molecule has 1 aromatic rings. The van der Waals surface area contributed by atoms with Gasteiger partial charge in [-0.2, -0.15) is 0 Å². The van der Waals surface area contributed by atoms with Gasteiger partial charge in [0.25, 0.3) is 8.32 Å². The fourth-order valence-electron chi connectivity index (χ4n) is 4.37. The first-order valence-corrected chi connectivity index (χ1v) is 14.5. The van der Waals surface area contributed by atoms with E-state index in [2.05, 4.69) is 64.7 Å². The van der Waals surface area contributed by atoms with Gasteiger partial charge in [-0.05, 0) is 49.0 Å². The van der Waals surface area contributed by atoms with E-state index in [0.29, 0.717) is 5.92 Å². The summed E-state index contributed by atoms with van der Waals surface area (Å²) in [7, 11) is -1.88. The van der Waals surface area contributed by atoms with Crippen LogP contribution in [0.3, 0.4) is 0 Å². The first-order valence-electron chi connectivity index (χ1n) is 11.9. The van der Waals surface area contributed by atoms with Gasteiger partial charge in [-0.1, -0.05) is 58.6 Å². The van der Waals surface area contributed by atoms with Gasteiger partial charge in [0, 0.05) is 29.9 Å². The van der Waals surface area contributed by atoms with E-state index in [9.17, 15) is 0 Å². The van der Waals surface area contributed by atoms with Crippen LogP contribution in [0.4, 0.5) is 0 Å². The van der Waals surface area contributed by atoms with Crippen LogP contribution in [0.5, 0.6) is 11.5 Å². The molecule has 0 bridgehead atoms. The summed E-state index contributed by atoms with van der Waals surface area (Å²) in [5, 5.41) is 0. The van der Waals surface area contributed by atoms with Crippen LogP contribution in [0, 0.1) is 11.8 Å². The van der Waals surface area contributed by atoms with E-state index in [0.717, 1.165) is 79.5 Å². The third-order valence-electron chi connectivity index (χ3n) is 6.58. The maximum atomic E-state index is 7.00. The number of hydrogen-bond acceptors (Lipinski definition) is 3. The van der Waals surface area contributed by atoms with Crippen LogP contribution in [0.1, 0.15) is 83.8 Å². The summed E-state index contributed by atoms with van der Waals surface area (Å²) in [6.45, 7) is 12.0. The molecule has 0 spiro atoms. The summed E-state index contributed by atoms with van der Waals surface area (Å²) in [5.41, 5.74) is 3.56. The first-order chi connectivity index (χ1) is 14.6. The zero-order valence-corrected chi connectivity index (χ0v) is 20.5. The Balaban J connectivity index is 2.06. The van der Waals surface area contributed by atoms with Crippen LogP contribution in [0.2, 0.25) is 18.1 Å². The van der Waals surface area contributed by atoms with E-state index in [1.807, 2.05) is 0 Å². The Morgan fingerprint density at radius 1 is 1.10 bits per heavy atom. The molecule has 1 saturated heterocycles. The average Bonchev–Trinajstić information content (AvgIpc) is 3.10. The van der Waals surface area contributed by atoms with Crippen molar-refractivity contribution in [3.8, 4) is 23.3 Å². The van der Waals surface area contributed by atoms with Gasteiger partial charge in [-0.3, -0.25) is 0 Å². The molecule has 1 aliphatic heterocycles. The Morgan fingerprint density at radius 3 is 2.50 bits per heavy atom. The Bertz CT molecular complexity index is 799. The highest BCUT2D eigenvalue weighted by Crippen LogP contribution is 2.47. The van der Waals surface area contributed by atoms with Gasteiger partial charge < -0.3 is 13.9 Å². The molecule has 0 radical (unpaired) electrons. The van der Waals surface area contributed by atoms with E-state index in [4.69, 9.17) is 13.9 Å². The molecule has 164 valence electrons. The number of rotatable bonds is 8. The van der Waals surface area contributed by atoms with Crippen LogP contribution in [-0.2, 0) is 4.74 Å². The molecule has 0 N–H and O–H groups in total. The molecule has 3 rings (SSSR count). The zero-order chi connectivity index (χ0) is 21.6. The van der Waals surface area contributed by atoms with Crippen molar-refractivity contribution in [1.29, 1.82) is 0 Å². The highest BCUT2D eigenvalue weighted by Gasteiger charge is 2.35. The van der Waals surface area contributed by atoms with Gasteiger partial charge in [-0.25, -0.2) is 0 Å². The second-order valence-electron chi connectivity index (χ2n) is 8.54. The van der Waals surface area contributed by atoms with Crippen molar-refractivity contribution < 1.29 is 13.9 Å². The quantitative estimate of drug-likeness (QED) is 0.323. The normalized spacial score (nSPS) is 20.8. The molecule has 1 aliphatic carbocycles. The number of ether oxygens (including phenoxy) is 2. The molecule has 4 heteroatoms. The van der Waals surface area contributed by atoms with E-state index >= 15 is 0 Å². The number of unbranched alkanes of at least 4 members (excludes halogenated alkanes) is 1. The minimum absolute atomic E-state index is 0.183. The zero-order valence-electron chi connectivity index (χ0n) is 19.5. The molecule has 2 unspecified atom stereocenters. The number of fused-ring (bicyclic) bond motifs is 1. The fraction of sp³-hybridized carbons (Fsp3) is 0.615. The molecular weight excluding hydrogens is 388 g/mol. The van der Waals surface area contributed by atoms with E-state index in [1.165, 1.54) is 5.56 Å². The van der Waals surface area contributed by atoms with E-state index in [-0.39, 0.29) is 6.29 Å². The lowest BCUT2D eigenvalue weighted by atomic mass is 10.00. The standard InChI is InChI=1S/C26H38O3Si/c1-6-10-11-14-21-19-20(5)22-16-17-23(28-24-15-12-13-18-27-24)26(25(21)22)29-30(7-2,8-3)9-4/h16-17,19-20,24H,6-10,12-13,15,18H2,1-5H3. The Kier molecular flexibility index (Phi) is 8.08. The van der Waals surface area contributed by atoms with Crippen LogP contribution in [-0.4, -0.2) is 21.2 Å². The highest BCUT2D eigenvalue weighted by atomic mass is 28.4. The molecular formula is C26H38O3Si. The lowest BCUT2D eigenvalue weighted by Gasteiger charge is -2.32. The monoisotopic (exact) mass is 426 g/mol. The van der Waals surface area contributed by atoms with Gasteiger partial charge >= 0.3 is 0 Å². The van der Waals surface area contributed by atoms with Crippen molar-refractivity contribution >= 4 is 13.9 Å². The molecule has 2 aliphatic rings. The highest BCUT2D eigenvalue weighted by molar-refractivity contribution is 6.74. The molecule has 3 nitrogen and oxygen atoms in total. The minimum atomic E-state index is -1.88. The molecule has 1 aromatic carbocycles. The van der Waals surface area contributed by atoms with Crippen molar-refractivity contribution in [3.63, 3.8) is 0 Å². The lowest BCUT2D eigenvalue weighted by Crippen LogP contribution is -2.40. The molecule has 1 fully saturated rings. The maximum Gasteiger partial charge on any atom is 0.250 e. The predicted molar refractivity (Wildman–Crippen MR) is 128 cm³/mol. The summed E-state index contributed by atoms with van der Waals surface area (Å²) in [4.78, 5) is 0. The third kappa shape index (κ3) is 4.95. The minimum Gasteiger partial charge on any atom is -0.541 e. The van der Waals surface area contributed by atoms with E-state index in [1.54, 1.807) is 0 Å². The number of allylic oxidation sites excluding steroid dienone is 2. The Hall–Kier alpha value is -1.70. The van der Waals surface area contributed by atoms with Crippen molar-refractivity contribution in [2.75, 3.05) is 6.61 Å². The maximum absolute atomic E-state index is 7.00. The van der Waals surface area contributed by atoms with Crippen LogP contribution >= 0.6 is 0 Å². The second kappa shape index (κ2) is 10.6. The van der Waals surface area contributed by atoms with Crippen molar-refractivity contribution in [1.82, 2.24) is 0 Å². The van der Waals surface area contributed by atoms with Gasteiger partial charge in [0.15, 0.2) is 17.8 Å². The molecule has 0 saturated carbocycles. The number of benzene rings is 1. The van der Waals surface area contributed by atoms with Crippen LogP contribution in [0.15, 0.2) is 18.2 Å². The molecule has 30 heavy (non-hydrogen) atoms. The molecule has 1 heterocycles. The fourth-order valence-corrected chi connectivity index (χ4v) is 6.94. The Labute approximate surface area is 184 Å².